The van der Waals surface area contributed by atoms with Crippen molar-refractivity contribution in [1.82, 2.24) is 4.98 Å². The van der Waals surface area contributed by atoms with Crippen LogP contribution >= 0.6 is 11.3 Å². The lowest BCUT2D eigenvalue weighted by atomic mass is 10.2. The average molecular weight is 326 g/mol. The summed E-state index contributed by atoms with van der Waals surface area (Å²) in [5.41, 5.74) is 3.10. The summed E-state index contributed by atoms with van der Waals surface area (Å²) in [4.78, 5) is 4.60. The molecule has 0 aliphatic carbocycles. The maximum absolute atomic E-state index is 9.51. The molecule has 4 heteroatoms. The fourth-order valence-electron chi connectivity index (χ4n) is 2.06. The van der Waals surface area contributed by atoms with Crippen LogP contribution in [0.1, 0.15) is 20.8 Å². The predicted octanol–water partition coefficient (Wildman–Crippen LogP) is 5.68. The smallest absolute Gasteiger partial charge is 0.124 e. The molecule has 23 heavy (non-hydrogen) atoms. The SMILES string of the molecule is C/C=C/CNc1ccc(-c2nc3ccc(O)cc3s2)cc1.CC. The van der Waals surface area contributed by atoms with Crippen molar-refractivity contribution in [1.29, 1.82) is 0 Å². The molecule has 2 N–H and O–H groups in total. The molecule has 3 rings (SSSR count). The number of hydrogen-bond donors (Lipinski definition) is 2. The molecule has 120 valence electrons. The number of fused-ring (bicyclic) bond motifs is 1. The third-order valence-corrected chi connectivity index (χ3v) is 4.23. The van der Waals surface area contributed by atoms with E-state index >= 15 is 0 Å². The second-order valence-electron chi connectivity index (χ2n) is 4.70. The maximum Gasteiger partial charge on any atom is 0.124 e. The van der Waals surface area contributed by atoms with Crippen LogP contribution in [-0.4, -0.2) is 16.6 Å². The summed E-state index contributed by atoms with van der Waals surface area (Å²) in [6.07, 6.45) is 4.10. The Morgan fingerprint density at radius 2 is 1.87 bits per heavy atom. The van der Waals surface area contributed by atoms with Gasteiger partial charge in [0.15, 0.2) is 0 Å². The van der Waals surface area contributed by atoms with E-state index < -0.39 is 0 Å². The normalized spacial score (nSPS) is 10.6. The molecule has 0 unspecified atom stereocenters. The van der Waals surface area contributed by atoms with Crippen LogP contribution in [0.15, 0.2) is 54.6 Å². The quantitative estimate of drug-likeness (QED) is 0.606. The molecule has 0 amide bonds. The molecule has 0 aliphatic heterocycles. The van der Waals surface area contributed by atoms with Gasteiger partial charge in [0.05, 0.1) is 10.2 Å². The Hall–Kier alpha value is -2.33. The zero-order valence-electron chi connectivity index (χ0n) is 13.7. The maximum atomic E-state index is 9.51. The van der Waals surface area contributed by atoms with Crippen LogP contribution in [0, 0.1) is 0 Å². The van der Waals surface area contributed by atoms with E-state index in [9.17, 15) is 5.11 Å². The third kappa shape index (κ3) is 4.33. The van der Waals surface area contributed by atoms with Gasteiger partial charge < -0.3 is 10.4 Å². The Labute approximate surface area is 141 Å². The zero-order valence-corrected chi connectivity index (χ0v) is 14.5. The van der Waals surface area contributed by atoms with E-state index in [1.807, 2.05) is 32.9 Å². The van der Waals surface area contributed by atoms with Crippen LogP contribution in [0.3, 0.4) is 0 Å². The second kappa shape index (κ2) is 8.34. The molecule has 1 heterocycles. The number of benzene rings is 2. The largest absolute Gasteiger partial charge is 0.508 e. The van der Waals surface area contributed by atoms with Gasteiger partial charge in [-0.2, -0.15) is 0 Å². The van der Waals surface area contributed by atoms with Crippen LogP contribution in [-0.2, 0) is 0 Å². The minimum Gasteiger partial charge on any atom is -0.508 e. The van der Waals surface area contributed by atoms with Crippen molar-refractivity contribution < 1.29 is 5.11 Å². The topological polar surface area (TPSA) is 45.2 Å². The first-order valence-corrected chi connectivity index (χ1v) is 8.63. The fraction of sp³-hybridized carbons (Fsp3) is 0.211. The number of thiazole rings is 1. The van der Waals surface area contributed by atoms with Gasteiger partial charge in [0.1, 0.15) is 10.8 Å². The molecule has 0 saturated carbocycles. The van der Waals surface area contributed by atoms with Gasteiger partial charge in [0.2, 0.25) is 0 Å². The minimum absolute atomic E-state index is 0.279. The molecule has 3 nitrogen and oxygen atoms in total. The monoisotopic (exact) mass is 326 g/mol. The molecule has 0 spiro atoms. The van der Waals surface area contributed by atoms with E-state index in [2.05, 4.69) is 40.6 Å². The van der Waals surface area contributed by atoms with Crippen molar-refractivity contribution in [2.45, 2.75) is 20.8 Å². The molecular weight excluding hydrogens is 304 g/mol. The van der Waals surface area contributed by atoms with Gasteiger partial charge in [0.25, 0.3) is 0 Å². The number of phenols is 1. The first kappa shape index (κ1) is 17.0. The summed E-state index contributed by atoms with van der Waals surface area (Å²) >= 11 is 1.59. The van der Waals surface area contributed by atoms with Gasteiger partial charge in [-0.05, 0) is 49.4 Å². The molecular formula is C19H22N2OS. The van der Waals surface area contributed by atoms with Crippen molar-refractivity contribution >= 4 is 27.2 Å². The van der Waals surface area contributed by atoms with E-state index in [4.69, 9.17) is 0 Å². The number of hydrogen-bond acceptors (Lipinski definition) is 4. The van der Waals surface area contributed by atoms with Gasteiger partial charge in [0, 0.05) is 17.8 Å². The Morgan fingerprint density at radius 3 is 2.57 bits per heavy atom. The van der Waals surface area contributed by atoms with Crippen molar-refractivity contribution in [3.8, 4) is 16.3 Å². The number of anilines is 1. The number of nitrogens with zero attached hydrogens (tertiary/aromatic N) is 1. The highest BCUT2D eigenvalue weighted by Gasteiger charge is 2.06. The highest BCUT2D eigenvalue weighted by molar-refractivity contribution is 7.21. The molecule has 2 aromatic carbocycles. The number of nitrogens with one attached hydrogen (secondary N) is 1. The molecule has 0 fully saturated rings. The molecule has 0 aliphatic rings. The summed E-state index contributed by atoms with van der Waals surface area (Å²) in [6, 6.07) is 13.5. The van der Waals surface area contributed by atoms with Crippen LogP contribution in [0.25, 0.3) is 20.8 Å². The third-order valence-electron chi connectivity index (χ3n) is 3.16. The van der Waals surface area contributed by atoms with E-state index in [1.165, 1.54) is 0 Å². The molecule has 0 atom stereocenters. The first-order valence-electron chi connectivity index (χ1n) is 7.81. The van der Waals surface area contributed by atoms with Crippen molar-refractivity contribution in [2.75, 3.05) is 11.9 Å². The van der Waals surface area contributed by atoms with Crippen molar-refractivity contribution in [2.24, 2.45) is 0 Å². The van der Waals surface area contributed by atoms with Crippen LogP contribution in [0.2, 0.25) is 0 Å². The number of allylic oxidation sites excluding steroid dienone is 1. The zero-order chi connectivity index (χ0) is 16.7. The van der Waals surface area contributed by atoms with Crippen molar-refractivity contribution in [3.05, 3.63) is 54.6 Å². The molecule has 0 saturated heterocycles. The van der Waals surface area contributed by atoms with E-state index in [1.54, 1.807) is 23.5 Å². The van der Waals surface area contributed by atoms with Crippen molar-refractivity contribution in [3.63, 3.8) is 0 Å². The van der Waals surface area contributed by atoms with Gasteiger partial charge in [-0.3, -0.25) is 0 Å². The number of phenolic OH excluding ortho intramolecular Hbond substituents is 1. The predicted molar refractivity (Wildman–Crippen MR) is 101 cm³/mol. The lowest BCUT2D eigenvalue weighted by molar-refractivity contribution is 0.476. The summed E-state index contributed by atoms with van der Waals surface area (Å²) in [6.45, 7) is 6.84. The Bertz CT molecular complexity index is 776. The summed E-state index contributed by atoms with van der Waals surface area (Å²) in [5, 5.41) is 13.8. The van der Waals surface area contributed by atoms with Gasteiger partial charge in [-0.1, -0.05) is 26.0 Å². The Kier molecular flexibility index (Phi) is 6.18. The van der Waals surface area contributed by atoms with Crippen LogP contribution in [0.5, 0.6) is 5.75 Å². The van der Waals surface area contributed by atoms with Crippen LogP contribution < -0.4 is 5.32 Å². The van der Waals surface area contributed by atoms with E-state index in [-0.39, 0.29) is 5.75 Å². The number of aromatic hydroxyl groups is 1. The Morgan fingerprint density at radius 1 is 1.13 bits per heavy atom. The summed E-state index contributed by atoms with van der Waals surface area (Å²) in [5.74, 6) is 0.279. The fourth-order valence-corrected chi connectivity index (χ4v) is 3.07. The Balaban J connectivity index is 0.000000924. The van der Waals surface area contributed by atoms with Gasteiger partial charge >= 0.3 is 0 Å². The van der Waals surface area contributed by atoms with E-state index in [0.29, 0.717) is 0 Å². The number of aromatic nitrogens is 1. The second-order valence-corrected chi connectivity index (χ2v) is 5.73. The van der Waals surface area contributed by atoms with Gasteiger partial charge in [-0.15, -0.1) is 11.3 Å². The minimum atomic E-state index is 0.279. The van der Waals surface area contributed by atoms with Crippen LogP contribution in [0.4, 0.5) is 5.69 Å². The molecule has 0 radical (unpaired) electrons. The van der Waals surface area contributed by atoms with Gasteiger partial charge in [-0.25, -0.2) is 4.98 Å². The standard InChI is InChI=1S/C17H16N2OS.C2H6/c1-2-3-10-18-13-6-4-12(5-7-13)17-19-15-9-8-14(20)11-16(15)21-17;1-2/h2-9,11,18,20H,10H2,1H3;1-2H3/b3-2+;. The molecule has 1 aromatic heterocycles. The first-order chi connectivity index (χ1) is 11.3. The average Bonchev–Trinajstić information content (AvgIpc) is 3.00. The molecule has 0 bridgehead atoms. The summed E-state index contributed by atoms with van der Waals surface area (Å²) < 4.78 is 1.00. The highest BCUT2D eigenvalue weighted by Crippen LogP contribution is 2.32. The lowest BCUT2D eigenvalue weighted by Gasteiger charge is -2.03. The molecule has 3 aromatic rings. The lowest BCUT2D eigenvalue weighted by Crippen LogP contribution is -1.97. The summed E-state index contributed by atoms with van der Waals surface area (Å²) in [7, 11) is 0. The number of rotatable bonds is 4. The highest BCUT2D eigenvalue weighted by atomic mass is 32.1. The van der Waals surface area contributed by atoms with E-state index in [0.717, 1.165) is 33.0 Å².